The number of hydrogen-bond acceptors (Lipinski definition) is 6. The van der Waals surface area contributed by atoms with Gasteiger partial charge < -0.3 is 19.1 Å². The summed E-state index contributed by atoms with van der Waals surface area (Å²) in [7, 11) is 1.67. The van der Waals surface area contributed by atoms with Crippen LogP contribution in [0.1, 0.15) is 23.9 Å². The molecule has 164 valence electrons. The zero-order valence-corrected chi connectivity index (χ0v) is 19.5. The van der Waals surface area contributed by atoms with E-state index in [9.17, 15) is 9.90 Å². The summed E-state index contributed by atoms with van der Waals surface area (Å²) in [5.74, 6) is -0.730. The molecule has 1 aromatic heterocycles. The van der Waals surface area contributed by atoms with Crippen LogP contribution in [0, 0.1) is 13.8 Å². The van der Waals surface area contributed by atoms with Gasteiger partial charge in [0.1, 0.15) is 16.4 Å². The third-order valence-corrected chi connectivity index (χ3v) is 6.12. The molecule has 0 fully saturated rings. The minimum absolute atomic E-state index is 0.0706. The predicted octanol–water partition coefficient (Wildman–Crippen LogP) is 5.60. The van der Waals surface area contributed by atoms with Gasteiger partial charge in [-0.25, -0.2) is 9.79 Å². The van der Waals surface area contributed by atoms with Crippen molar-refractivity contribution in [1.82, 2.24) is 4.57 Å². The minimum atomic E-state index is -0.603. The maximum atomic E-state index is 12.6. The fraction of sp³-hybridized carbons (Fsp3) is 0.304. The highest BCUT2D eigenvalue weighted by Crippen LogP contribution is 2.40. The number of carbonyl (C=O) groups excluding carboxylic acids is 1. The maximum absolute atomic E-state index is 12.6. The molecule has 0 atom stereocenters. The molecule has 0 radical (unpaired) electrons. The van der Waals surface area contributed by atoms with E-state index in [2.05, 4.69) is 9.56 Å². The quantitative estimate of drug-likeness (QED) is 0.544. The molecule has 0 unspecified atom stereocenters. The van der Waals surface area contributed by atoms with Gasteiger partial charge in [-0.05, 0) is 62.7 Å². The molecule has 0 amide bonds. The number of ether oxygens (including phenoxy) is 2. The molecule has 1 N–H and O–H groups in total. The molecule has 6 nitrogen and oxygen atoms in total. The van der Waals surface area contributed by atoms with Gasteiger partial charge in [0.2, 0.25) is 0 Å². The van der Waals surface area contributed by atoms with Crippen molar-refractivity contribution in [3.63, 3.8) is 0 Å². The van der Waals surface area contributed by atoms with Gasteiger partial charge in [-0.3, -0.25) is 0 Å². The highest BCUT2D eigenvalue weighted by Gasteiger charge is 2.33. The smallest absolute Gasteiger partial charge is 0.344 e. The summed E-state index contributed by atoms with van der Waals surface area (Å²) in [6.07, 6.45) is 1.87. The van der Waals surface area contributed by atoms with Gasteiger partial charge >= 0.3 is 5.97 Å². The third-order valence-electron chi connectivity index (χ3n) is 4.85. The topological polar surface area (TPSA) is 73.0 Å². The second-order valence-electron chi connectivity index (χ2n) is 6.92. The second-order valence-corrected chi connectivity index (χ2v) is 8.39. The Labute approximate surface area is 191 Å². The number of benzene rings is 1. The molecule has 8 heteroatoms. The Morgan fingerprint density at radius 1 is 1.29 bits per heavy atom. The first kappa shape index (κ1) is 23.2. The molecule has 0 aliphatic carbocycles. The van der Waals surface area contributed by atoms with Crippen molar-refractivity contribution >= 4 is 46.1 Å². The predicted molar refractivity (Wildman–Crippen MR) is 126 cm³/mol. The van der Waals surface area contributed by atoms with Crippen LogP contribution in [0.25, 0.3) is 6.08 Å². The fourth-order valence-electron chi connectivity index (χ4n) is 3.27. The zero-order chi connectivity index (χ0) is 22.5. The van der Waals surface area contributed by atoms with E-state index in [-0.39, 0.29) is 17.9 Å². The largest absolute Gasteiger partial charge is 0.506 e. The first-order chi connectivity index (χ1) is 14.8. The molecule has 0 saturated carbocycles. The Morgan fingerprint density at radius 3 is 2.65 bits per heavy atom. The first-order valence-corrected chi connectivity index (χ1v) is 11.1. The van der Waals surface area contributed by atoms with Gasteiger partial charge in [-0.1, -0.05) is 23.4 Å². The summed E-state index contributed by atoms with van der Waals surface area (Å²) < 4.78 is 12.5. The molecule has 2 heterocycles. The number of aromatic nitrogens is 1. The van der Waals surface area contributed by atoms with Crippen molar-refractivity contribution in [3.8, 4) is 0 Å². The van der Waals surface area contributed by atoms with E-state index < -0.39 is 5.97 Å². The van der Waals surface area contributed by atoms with Crippen LogP contribution >= 0.6 is 23.4 Å². The number of carbonyl (C=O) groups is 1. The lowest BCUT2D eigenvalue weighted by atomic mass is 10.2. The second kappa shape index (κ2) is 10.2. The number of aliphatic imine (C=N–C) groups is 1. The molecule has 0 saturated heterocycles. The van der Waals surface area contributed by atoms with E-state index in [1.165, 1.54) is 11.8 Å². The number of aliphatic hydroxyl groups is 1. The lowest BCUT2D eigenvalue weighted by Crippen LogP contribution is -2.12. The summed E-state index contributed by atoms with van der Waals surface area (Å²) >= 11 is 7.19. The van der Waals surface area contributed by atoms with Gasteiger partial charge in [0, 0.05) is 30.1 Å². The van der Waals surface area contributed by atoms with Gasteiger partial charge in [0.15, 0.2) is 0 Å². The van der Waals surface area contributed by atoms with Crippen LogP contribution in [0.15, 0.2) is 51.6 Å². The van der Waals surface area contributed by atoms with E-state index in [0.29, 0.717) is 27.3 Å². The Kier molecular flexibility index (Phi) is 7.64. The average Bonchev–Trinajstić information content (AvgIpc) is 3.18. The number of aliphatic hydroxyl groups excluding tert-OH is 1. The molecule has 3 rings (SSSR count). The van der Waals surface area contributed by atoms with E-state index in [1.807, 2.05) is 26.0 Å². The van der Waals surface area contributed by atoms with Crippen LogP contribution < -0.4 is 0 Å². The number of aryl methyl sites for hydroxylation is 1. The standard InChI is InChI=1S/C23H25ClN2O4S/c1-5-30-23(28)20-21(27)19(31-22(20)25-18-8-6-17(24)7-9-18)13-16-12-14(2)26(15(16)3)10-11-29-4/h6-9,12-13,27H,5,10-11H2,1-4H3/b19-13+,25-22?. The molecule has 0 spiro atoms. The number of esters is 1. The highest BCUT2D eigenvalue weighted by molar-refractivity contribution is 8.18. The average molecular weight is 461 g/mol. The van der Waals surface area contributed by atoms with Crippen molar-refractivity contribution in [2.75, 3.05) is 20.3 Å². The molecular formula is C23H25ClN2O4S. The van der Waals surface area contributed by atoms with Gasteiger partial charge in [-0.15, -0.1) is 0 Å². The third kappa shape index (κ3) is 5.23. The van der Waals surface area contributed by atoms with E-state index in [4.69, 9.17) is 21.1 Å². The van der Waals surface area contributed by atoms with Crippen LogP contribution in [-0.2, 0) is 20.8 Å². The summed E-state index contributed by atoms with van der Waals surface area (Å²) in [6, 6.07) is 8.99. The van der Waals surface area contributed by atoms with Crippen molar-refractivity contribution in [2.24, 2.45) is 4.99 Å². The van der Waals surface area contributed by atoms with Crippen molar-refractivity contribution in [3.05, 3.63) is 68.5 Å². The van der Waals surface area contributed by atoms with E-state index in [1.54, 1.807) is 38.3 Å². The molecule has 1 aliphatic rings. The van der Waals surface area contributed by atoms with Crippen LogP contribution in [-0.4, -0.2) is 41.0 Å². The minimum Gasteiger partial charge on any atom is -0.506 e. The normalized spacial score (nSPS) is 16.5. The molecule has 1 aromatic carbocycles. The Morgan fingerprint density at radius 2 is 2.00 bits per heavy atom. The lowest BCUT2D eigenvalue weighted by Gasteiger charge is -2.08. The van der Waals surface area contributed by atoms with Crippen molar-refractivity contribution in [2.45, 2.75) is 27.3 Å². The fourth-order valence-corrected chi connectivity index (χ4v) is 4.42. The summed E-state index contributed by atoms with van der Waals surface area (Å²) in [6.45, 7) is 7.32. The number of thioether (sulfide) groups is 1. The Bertz CT molecular complexity index is 1070. The summed E-state index contributed by atoms with van der Waals surface area (Å²) in [4.78, 5) is 17.6. The maximum Gasteiger partial charge on any atom is 0.344 e. The number of rotatable bonds is 7. The van der Waals surface area contributed by atoms with Crippen molar-refractivity contribution < 1.29 is 19.4 Å². The Balaban J connectivity index is 2.02. The molecule has 31 heavy (non-hydrogen) atoms. The highest BCUT2D eigenvalue weighted by atomic mass is 35.5. The monoisotopic (exact) mass is 460 g/mol. The number of hydrogen-bond donors (Lipinski definition) is 1. The SMILES string of the molecule is CCOC(=O)C1=C(O)/C(=C\c2cc(C)n(CCOC)c2C)SC1=Nc1ccc(Cl)cc1. The van der Waals surface area contributed by atoms with Crippen LogP contribution in [0.4, 0.5) is 5.69 Å². The molecule has 2 aromatic rings. The van der Waals surface area contributed by atoms with Gasteiger partial charge in [0.25, 0.3) is 0 Å². The molecular weight excluding hydrogens is 436 g/mol. The van der Waals surface area contributed by atoms with E-state index in [0.717, 1.165) is 23.5 Å². The van der Waals surface area contributed by atoms with Crippen LogP contribution in [0.5, 0.6) is 0 Å². The number of nitrogens with zero attached hydrogens (tertiary/aromatic N) is 2. The molecule has 0 bridgehead atoms. The summed E-state index contributed by atoms with van der Waals surface area (Å²) in [5, 5.41) is 11.8. The number of methoxy groups -OCH3 is 1. The first-order valence-electron chi connectivity index (χ1n) is 9.86. The molecule has 1 aliphatic heterocycles. The van der Waals surface area contributed by atoms with Crippen LogP contribution in [0.3, 0.4) is 0 Å². The number of halogens is 1. The van der Waals surface area contributed by atoms with Crippen molar-refractivity contribution in [1.29, 1.82) is 0 Å². The lowest BCUT2D eigenvalue weighted by molar-refractivity contribution is -0.138. The van der Waals surface area contributed by atoms with Gasteiger partial charge in [-0.2, -0.15) is 0 Å². The van der Waals surface area contributed by atoms with Crippen LogP contribution in [0.2, 0.25) is 5.02 Å². The zero-order valence-electron chi connectivity index (χ0n) is 17.9. The van der Waals surface area contributed by atoms with Gasteiger partial charge in [0.05, 0.1) is 23.8 Å². The van der Waals surface area contributed by atoms with E-state index >= 15 is 0 Å². The Hall–Kier alpha value is -2.48. The summed E-state index contributed by atoms with van der Waals surface area (Å²) in [5.41, 5.74) is 3.80.